The van der Waals surface area contributed by atoms with Crippen LogP contribution >= 0.6 is 0 Å². The van der Waals surface area contributed by atoms with Crippen LogP contribution in [0.3, 0.4) is 0 Å². The highest BCUT2D eigenvalue weighted by atomic mass is 32.2. The van der Waals surface area contributed by atoms with Gasteiger partial charge in [0.15, 0.2) is 0 Å². The van der Waals surface area contributed by atoms with Crippen LogP contribution < -0.4 is 10.0 Å². The van der Waals surface area contributed by atoms with E-state index in [1.807, 2.05) is 44.2 Å². The third-order valence-electron chi connectivity index (χ3n) is 3.72. The van der Waals surface area contributed by atoms with Gasteiger partial charge in [0.05, 0.1) is 4.90 Å². The van der Waals surface area contributed by atoms with E-state index in [0.717, 1.165) is 5.56 Å². The van der Waals surface area contributed by atoms with E-state index in [2.05, 4.69) is 10.0 Å². The van der Waals surface area contributed by atoms with Crippen LogP contribution in [0.25, 0.3) is 0 Å². The van der Waals surface area contributed by atoms with Gasteiger partial charge in [-0.25, -0.2) is 13.1 Å². The van der Waals surface area contributed by atoms with Crippen LogP contribution in [-0.2, 0) is 16.6 Å². The molecule has 6 heteroatoms. The van der Waals surface area contributed by atoms with Crippen LogP contribution in [0.4, 0.5) is 0 Å². The van der Waals surface area contributed by atoms with Crippen molar-refractivity contribution in [3.63, 3.8) is 0 Å². The molecule has 0 radical (unpaired) electrons. The van der Waals surface area contributed by atoms with Gasteiger partial charge >= 0.3 is 0 Å². The Balaban J connectivity index is 2.19. The van der Waals surface area contributed by atoms with Gasteiger partial charge in [0.2, 0.25) is 10.0 Å². The highest BCUT2D eigenvalue weighted by Gasteiger charge is 2.19. The predicted molar refractivity (Wildman–Crippen MR) is 98.8 cm³/mol. The fraction of sp³-hybridized carbons (Fsp3) is 0.316. The monoisotopic (exact) mass is 360 g/mol. The average Bonchev–Trinajstić information content (AvgIpc) is 2.59. The van der Waals surface area contributed by atoms with Gasteiger partial charge in [0.25, 0.3) is 5.91 Å². The molecule has 2 N–H and O–H groups in total. The standard InChI is InChI=1S/C19H24N2O3S/c1-14(2)12-20-19(22)17-10-9-15(3)18(11-17)25(23,24)21-13-16-7-5-4-6-8-16/h4-11,14,21H,12-13H2,1-3H3,(H,20,22). The van der Waals surface area contributed by atoms with Crippen LogP contribution in [0.1, 0.15) is 35.3 Å². The van der Waals surface area contributed by atoms with Gasteiger partial charge in [0, 0.05) is 18.7 Å². The number of aryl methyl sites for hydroxylation is 1. The summed E-state index contributed by atoms with van der Waals surface area (Å²) in [6, 6.07) is 14.0. The summed E-state index contributed by atoms with van der Waals surface area (Å²) in [6.07, 6.45) is 0. The molecule has 0 atom stereocenters. The van der Waals surface area contributed by atoms with E-state index in [0.29, 0.717) is 23.6 Å². The molecule has 25 heavy (non-hydrogen) atoms. The summed E-state index contributed by atoms with van der Waals surface area (Å²) >= 11 is 0. The Hall–Kier alpha value is -2.18. The van der Waals surface area contributed by atoms with Crippen LogP contribution in [-0.4, -0.2) is 20.9 Å². The van der Waals surface area contributed by atoms with Gasteiger partial charge < -0.3 is 5.32 Å². The normalized spacial score (nSPS) is 11.5. The minimum atomic E-state index is -3.71. The predicted octanol–water partition coefficient (Wildman–Crippen LogP) is 2.86. The minimum absolute atomic E-state index is 0.126. The lowest BCUT2D eigenvalue weighted by Gasteiger charge is -2.12. The van der Waals surface area contributed by atoms with E-state index in [1.54, 1.807) is 19.1 Å². The zero-order valence-corrected chi connectivity index (χ0v) is 15.6. The number of rotatable bonds is 7. The molecule has 0 unspecified atom stereocenters. The molecule has 0 aliphatic heterocycles. The molecule has 0 heterocycles. The molecule has 0 bridgehead atoms. The summed E-state index contributed by atoms with van der Waals surface area (Å²) in [5.74, 6) is 0.0540. The molecular formula is C19H24N2O3S. The maximum absolute atomic E-state index is 12.6. The second kappa shape index (κ2) is 8.27. The van der Waals surface area contributed by atoms with Crippen molar-refractivity contribution in [1.29, 1.82) is 0 Å². The molecule has 5 nitrogen and oxygen atoms in total. The average molecular weight is 360 g/mol. The molecular weight excluding hydrogens is 336 g/mol. The highest BCUT2D eigenvalue weighted by Crippen LogP contribution is 2.17. The maximum atomic E-state index is 12.6. The summed E-state index contributed by atoms with van der Waals surface area (Å²) in [7, 11) is -3.71. The van der Waals surface area contributed by atoms with Crippen molar-refractivity contribution in [2.24, 2.45) is 5.92 Å². The van der Waals surface area contributed by atoms with Crippen molar-refractivity contribution < 1.29 is 13.2 Å². The number of nitrogens with one attached hydrogen (secondary N) is 2. The fourth-order valence-corrected chi connectivity index (χ4v) is 3.57. The van der Waals surface area contributed by atoms with Crippen LogP contribution in [0.15, 0.2) is 53.4 Å². The van der Waals surface area contributed by atoms with Crippen LogP contribution in [0.2, 0.25) is 0 Å². The molecule has 0 fully saturated rings. The Morgan fingerprint density at radius 2 is 1.76 bits per heavy atom. The van der Waals surface area contributed by atoms with Crippen LogP contribution in [0, 0.1) is 12.8 Å². The molecule has 2 rings (SSSR count). The van der Waals surface area contributed by atoms with E-state index in [1.165, 1.54) is 6.07 Å². The molecule has 0 aliphatic rings. The summed E-state index contributed by atoms with van der Waals surface area (Å²) in [5, 5.41) is 2.80. The number of sulfonamides is 1. The van der Waals surface area contributed by atoms with Crippen molar-refractivity contribution >= 4 is 15.9 Å². The van der Waals surface area contributed by atoms with Crippen molar-refractivity contribution in [3.8, 4) is 0 Å². The van der Waals surface area contributed by atoms with Gasteiger partial charge in [-0.1, -0.05) is 50.2 Å². The first-order valence-electron chi connectivity index (χ1n) is 8.22. The van der Waals surface area contributed by atoms with Crippen molar-refractivity contribution in [2.75, 3.05) is 6.54 Å². The Morgan fingerprint density at radius 3 is 2.40 bits per heavy atom. The van der Waals surface area contributed by atoms with E-state index < -0.39 is 10.0 Å². The number of carbonyl (C=O) groups excluding carboxylic acids is 1. The SMILES string of the molecule is Cc1ccc(C(=O)NCC(C)C)cc1S(=O)(=O)NCc1ccccc1. The third-order valence-corrected chi connectivity index (χ3v) is 5.26. The lowest BCUT2D eigenvalue weighted by molar-refractivity contribution is 0.0949. The molecule has 2 aromatic rings. The molecule has 1 amide bonds. The van der Waals surface area contributed by atoms with Crippen LogP contribution in [0.5, 0.6) is 0 Å². The summed E-state index contributed by atoms with van der Waals surface area (Å²) in [5.41, 5.74) is 1.81. The Labute approximate surface area is 149 Å². The minimum Gasteiger partial charge on any atom is -0.352 e. The van der Waals surface area contributed by atoms with E-state index in [4.69, 9.17) is 0 Å². The second-order valence-corrected chi connectivity index (χ2v) is 8.13. The fourth-order valence-electron chi connectivity index (χ4n) is 2.28. The van der Waals surface area contributed by atoms with Gasteiger partial charge in [-0.2, -0.15) is 0 Å². The number of benzene rings is 2. The smallest absolute Gasteiger partial charge is 0.251 e. The summed E-state index contributed by atoms with van der Waals surface area (Å²) in [6.45, 7) is 6.46. The zero-order valence-electron chi connectivity index (χ0n) is 14.7. The summed E-state index contributed by atoms with van der Waals surface area (Å²) in [4.78, 5) is 12.3. The molecule has 0 saturated carbocycles. The molecule has 134 valence electrons. The number of hydrogen-bond donors (Lipinski definition) is 2. The summed E-state index contributed by atoms with van der Waals surface area (Å²) < 4.78 is 27.8. The van der Waals surface area contributed by atoms with Crippen molar-refractivity contribution in [3.05, 3.63) is 65.2 Å². The molecule has 2 aromatic carbocycles. The number of hydrogen-bond acceptors (Lipinski definition) is 3. The lowest BCUT2D eigenvalue weighted by Crippen LogP contribution is -2.28. The number of carbonyl (C=O) groups is 1. The highest BCUT2D eigenvalue weighted by molar-refractivity contribution is 7.89. The molecule has 0 spiro atoms. The van der Waals surface area contributed by atoms with Crippen molar-refractivity contribution in [1.82, 2.24) is 10.0 Å². The van der Waals surface area contributed by atoms with Gasteiger partial charge in [-0.15, -0.1) is 0 Å². The third kappa shape index (κ3) is 5.41. The van der Waals surface area contributed by atoms with Gasteiger partial charge in [0.1, 0.15) is 0 Å². The largest absolute Gasteiger partial charge is 0.352 e. The Morgan fingerprint density at radius 1 is 1.08 bits per heavy atom. The van der Waals surface area contributed by atoms with E-state index >= 15 is 0 Å². The van der Waals surface area contributed by atoms with E-state index in [-0.39, 0.29) is 17.3 Å². The maximum Gasteiger partial charge on any atom is 0.251 e. The topological polar surface area (TPSA) is 75.3 Å². The zero-order chi connectivity index (χ0) is 18.4. The van der Waals surface area contributed by atoms with Gasteiger partial charge in [-0.05, 0) is 36.1 Å². The quantitative estimate of drug-likeness (QED) is 0.797. The first-order valence-corrected chi connectivity index (χ1v) is 9.70. The van der Waals surface area contributed by atoms with Crippen molar-refractivity contribution in [2.45, 2.75) is 32.2 Å². The first kappa shape index (κ1) is 19.1. The van der Waals surface area contributed by atoms with E-state index in [9.17, 15) is 13.2 Å². The molecule has 0 saturated heterocycles. The molecule has 0 aromatic heterocycles. The Bertz CT molecular complexity index is 831. The van der Waals surface area contributed by atoms with Gasteiger partial charge in [-0.3, -0.25) is 4.79 Å². The number of amides is 1. The molecule has 0 aliphatic carbocycles. The first-order chi connectivity index (χ1) is 11.8. The Kier molecular flexibility index (Phi) is 6.33. The second-order valence-electron chi connectivity index (χ2n) is 6.39. The lowest BCUT2D eigenvalue weighted by atomic mass is 10.1.